The maximum absolute atomic E-state index is 14.8. The minimum atomic E-state index is -0.831. The van der Waals surface area contributed by atoms with Crippen molar-refractivity contribution in [3.63, 3.8) is 0 Å². The van der Waals surface area contributed by atoms with Crippen molar-refractivity contribution >= 4 is 34.4 Å². The number of aromatic nitrogens is 6. The number of rotatable bonds is 7. The second-order valence-electron chi connectivity index (χ2n) is 8.69. The van der Waals surface area contributed by atoms with Crippen molar-refractivity contribution < 1.29 is 14.0 Å². The topological polar surface area (TPSA) is 168 Å². The number of hydrazine groups is 1. The number of carbonyl (C=O) groups is 2. The van der Waals surface area contributed by atoms with Crippen LogP contribution in [0.1, 0.15) is 23.7 Å². The number of amides is 1. The number of aromatic amines is 1. The second kappa shape index (κ2) is 10.3. The number of pyridine rings is 1. The summed E-state index contributed by atoms with van der Waals surface area (Å²) in [5.41, 5.74) is 6.27. The van der Waals surface area contributed by atoms with Crippen LogP contribution >= 0.6 is 0 Å². The second-order valence-corrected chi connectivity index (χ2v) is 8.69. The van der Waals surface area contributed by atoms with Crippen LogP contribution in [0.4, 0.5) is 16.2 Å². The number of para-hydroxylation sites is 1. The Balaban J connectivity index is 1.38. The van der Waals surface area contributed by atoms with Crippen molar-refractivity contribution in [3.05, 3.63) is 66.5 Å². The molecular weight excluding hydrogens is 493 g/mol. The molecule has 38 heavy (non-hydrogen) atoms. The molecule has 0 bridgehead atoms. The highest BCUT2D eigenvalue weighted by Crippen LogP contribution is 2.29. The molecule has 0 spiro atoms. The summed E-state index contributed by atoms with van der Waals surface area (Å²) in [6.45, 7) is 2.94. The molecule has 1 aliphatic heterocycles. The summed E-state index contributed by atoms with van der Waals surface area (Å²) in [5, 5.41) is 13.2. The van der Waals surface area contributed by atoms with Crippen LogP contribution in [0.3, 0.4) is 0 Å². The number of halogens is 1. The van der Waals surface area contributed by atoms with Crippen molar-refractivity contribution in [3.8, 4) is 5.69 Å². The van der Waals surface area contributed by atoms with Crippen molar-refractivity contribution in [1.82, 2.24) is 35.1 Å². The van der Waals surface area contributed by atoms with E-state index in [0.29, 0.717) is 18.9 Å². The SMILES string of the molecule is CC[C@@H]1CN(C(=O)C(=O)c2c[nH]c3c(N(N)/C=C\N)ncc(F)c23)CCN1c1nnnn1-c1ccccc1. The number of benzene rings is 1. The van der Waals surface area contributed by atoms with Crippen LogP contribution < -0.4 is 21.5 Å². The first kappa shape index (κ1) is 24.8. The Hall–Kier alpha value is -4.85. The van der Waals surface area contributed by atoms with Gasteiger partial charge in [0.15, 0.2) is 11.6 Å². The smallest absolute Gasteiger partial charge is 0.295 e. The molecule has 196 valence electrons. The van der Waals surface area contributed by atoms with Gasteiger partial charge in [0, 0.05) is 44.3 Å². The van der Waals surface area contributed by atoms with Gasteiger partial charge in [-0.1, -0.05) is 30.2 Å². The fourth-order valence-electron chi connectivity index (χ4n) is 4.64. The summed E-state index contributed by atoms with van der Waals surface area (Å²) in [7, 11) is 0. The number of hydrogen-bond acceptors (Lipinski definition) is 10. The summed E-state index contributed by atoms with van der Waals surface area (Å²) in [6, 6.07) is 9.36. The van der Waals surface area contributed by atoms with Crippen LogP contribution in [-0.4, -0.2) is 72.4 Å². The lowest BCUT2D eigenvalue weighted by Crippen LogP contribution is -2.56. The van der Waals surface area contributed by atoms with Gasteiger partial charge in [-0.25, -0.2) is 15.2 Å². The van der Waals surface area contributed by atoms with E-state index in [-0.39, 0.29) is 41.4 Å². The lowest BCUT2D eigenvalue weighted by atomic mass is 10.1. The Labute approximate surface area is 216 Å². The zero-order valence-corrected chi connectivity index (χ0v) is 20.5. The summed E-state index contributed by atoms with van der Waals surface area (Å²) in [5.74, 6) is 4.28. The molecule has 1 atom stereocenters. The fraction of sp³-hybridized carbons (Fsp3) is 0.250. The quantitative estimate of drug-likeness (QED) is 0.139. The van der Waals surface area contributed by atoms with E-state index in [1.807, 2.05) is 42.2 Å². The van der Waals surface area contributed by atoms with Crippen LogP contribution in [0, 0.1) is 5.82 Å². The average Bonchev–Trinajstić information content (AvgIpc) is 3.61. The molecule has 13 nitrogen and oxygen atoms in total. The summed E-state index contributed by atoms with van der Waals surface area (Å²) in [4.78, 5) is 36.9. The number of ketones is 1. The largest absolute Gasteiger partial charge is 0.403 e. The summed E-state index contributed by atoms with van der Waals surface area (Å²) < 4.78 is 16.4. The van der Waals surface area contributed by atoms with Crippen molar-refractivity contribution in [2.24, 2.45) is 11.6 Å². The molecule has 0 unspecified atom stereocenters. The molecule has 0 aliphatic carbocycles. The maximum atomic E-state index is 14.8. The third kappa shape index (κ3) is 4.30. The number of anilines is 2. The third-order valence-electron chi connectivity index (χ3n) is 6.52. The molecule has 1 fully saturated rings. The van der Waals surface area contributed by atoms with E-state index in [2.05, 4.69) is 25.5 Å². The average molecular weight is 520 g/mol. The van der Waals surface area contributed by atoms with Gasteiger partial charge in [0.05, 0.1) is 28.4 Å². The van der Waals surface area contributed by atoms with Gasteiger partial charge in [-0.05, 0) is 29.0 Å². The molecule has 1 aromatic carbocycles. The zero-order valence-electron chi connectivity index (χ0n) is 20.5. The number of H-pyrrole nitrogens is 1. The minimum Gasteiger partial charge on any atom is -0.403 e. The predicted octanol–water partition coefficient (Wildman–Crippen LogP) is 1.10. The molecular formula is C24H26FN11O2. The number of nitrogens with two attached hydrogens (primary N) is 2. The van der Waals surface area contributed by atoms with E-state index in [9.17, 15) is 14.0 Å². The first-order valence-electron chi connectivity index (χ1n) is 12.0. The number of nitrogens with zero attached hydrogens (tertiary/aromatic N) is 8. The number of nitrogens with one attached hydrogen (secondary N) is 1. The molecule has 1 aliphatic rings. The summed E-state index contributed by atoms with van der Waals surface area (Å²) >= 11 is 0. The van der Waals surface area contributed by atoms with Gasteiger partial charge in [-0.2, -0.15) is 4.68 Å². The molecule has 1 saturated heterocycles. The van der Waals surface area contributed by atoms with E-state index < -0.39 is 17.5 Å². The zero-order chi connectivity index (χ0) is 26.8. The number of hydrogen-bond donors (Lipinski definition) is 3. The number of fused-ring (bicyclic) bond motifs is 1. The molecule has 4 aromatic rings. The first-order valence-corrected chi connectivity index (χ1v) is 12.0. The monoisotopic (exact) mass is 519 g/mol. The highest BCUT2D eigenvalue weighted by molar-refractivity contribution is 6.45. The van der Waals surface area contributed by atoms with Gasteiger partial charge in [0.2, 0.25) is 0 Å². The molecule has 0 radical (unpaired) electrons. The third-order valence-corrected chi connectivity index (χ3v) is 6.52. The Morgan fingerprint density at radius 2 is 2.05 bits per heavy atom. The fourth-order valence-corrected chi connectivity index (χ4v) is 4.64. The van der Waals surface area contributed by atoms with Crippen LogP contribution in [0.2, 0.25) is 0 Å². The lowest BCUT2D eigenvalue weighted by Gasteiger charge is -2.40. The standard InChI is InChI=1S/C24H26FN11O2/c1-2-15-14-33(10-11-34(15)24-30-31-32-36(24)16-6-4-3-5-7-16)23(38)21(37)17-12-28-20-19(17)18(25)13-29-22(20)35(27)9-8-26/h3-9,12-13,15,28H,2,10-11,14,26-27H2,1H3/b9-8-/t15-/m1/s1. The highest BCUT2D eigenvalue weighted by atomic mass is 19.1. The number of tetrazole rings is 1. The molecule has 0 saturated carbocycles. The highest BCUT2D eigenvalue weighted by Gasteiger charge is 2.35. The number of Topliss-reactive ketones (excluding diaryl/α,β-unsaturated/α-hetero) is 1. The van der Waals surface area contributed by atoms with Crippen molar-refractivity contribution in [2.45, 2.75) is 19.4 Å². The molecule has 5 rings (SSSR count). The van der Waals surface area contributed by atoms with Gasteiger partial charge in [-0.15, -0.1) is 0 Å². The van der Waals surface area contributed by atoms with Crippen molar-refractivity contribution in [2.75, 3.05) is 29.5 Å². The van der Waals surface area contributed by atoms with E-state index >= 15 is 0 Å². The van der Waals surface area contributed by atoms with Gasteiger partial charge >= 0.3 is 0 Å². The molecule has 5 N–H and O–H groups in total. The van der Waals surface area contributed by atoms with Gasteiger partial charge in [-0.3, -0.25) is 14.6 Å². The lowest BCUT2D eigenvalue weighted by molar-refractivity contribution is -0.127. The van der Waals surface area contributed by atoms with Crippen LogP contribution in [0.15, 0.2) is 55.1 Å². The number of piperazine rings is 1. The summed E-state index contributed by atoms with van der Waals surface area (Å²) in [6.07, 6.45) is 5.43. The Morgan fingerprint density at radius 1 is 1.26 bits per heavy atom. The van der Waals surface area contributed by atoms with Gasteiger partial charge in [0.25, 0.3) is 17.6 Å². The first-order chi connectivity index (χ1) is 18.4. The van der Waals surface area contributed by atoms with E-state index in [0.717, 1.165) is 16.9 Å². The van der Waals surface area contributed by atoms with Crippen LogP contribution in [0.5, 0.6) is 0 Å². The van der Waals surface area contributed by atoms with E-state index in [1.54, 1.807) is 4.68 Å². The maximum Gasteiger partial charge on any atom is 0.295 e. The minimum absolute atomic E-state index is 0.0677. The van der Waals surface area contributed by atoms with Gasteiger partial charge < -0.3 is 20.5 Å². The molecule has 1 amide bonds. The normalized spacial score (nSPS) is 15.9. The number of carbonyl (C=O) groups excluding carboxylic acids is 2. The van der Waals surface area contributed by atoms with Crippen LogP contribution in [-0.2, 0) is 4.79 Å². The van der Waals surface area contributed by atoms with E-state index in [4.69, 9.17) is 11.6 Å². The van der Waals surface area contributed by atoms with Crippen molar-refractivity contribution in [1.29, 1.82) is 0 Å². The van der Waals surface area contributed by atoms with Gasteiger partial charge in [0.1, 0.15) is 0 Å². The Bertz CT molecular complexity index is 1500. The molecule has 4 heterocycles. The molecule has 14 heteroatoms. The van der Waals surface area contributed by atoms with Crippen LogP contribution in [0.25, 0.3) is 16.6 Å². The predicted molar refractivity (Wildman–Crippen MR) is 138 cm³/mol. The van der Waals surface area contributed by atoms with E-state index in [1.165, 1.54) is 23.5 Å². The Kier molecular flexibility index (Phi) is 6.70. The Morgan fingerprint density at radius 3 is 2.79 bits per heavy atom. The molecule has 3 aromatic heterocycles.